The van der Waals surface area contributed by atoms with Gasteiger partial charge < -0.3 is 11.1 Å². The number of carbonyl (C=O) groups excluding carboxylic acids is 1. The van der Waals surface area contributed by atoms with Crippen LogP contribution in [0.3, 0.4) is 0 Å². The summed E-state index contributed by atoms with van der Waals surface area (Å²) < 4.78 is 1.66. The molecule has 0 saturated carbocycles. The maximum Gasteiger partial charge on any atom is 0.255 e. The third kappa shape index (κ3) is 2.15. The highest BCUT2D eigenvalue weighted by Gasteiger charge is 2.25. The minimum Gasteiger partial charge on any atom is -0.399 e. The molecule has 0 radical (unpaired) electrons. The van der Waals surface area contributed by atoms with Crippen molar-refractivity contribution in [1.82, 2.24) is 15.1 Å². The van der Waals surface area contributed by atoms with Crippen molar-refractivity contribution >= 4 is 11.6 Å². The van der Waals surface area contributed by atoms with Crippen LogP contribution in [0.15, 0.2) is 24.4 Å². The number of anilines is 1. The predicted molar refractivity (Wildman–Crippen MR) is 77.3 cm³/mol. The molecule has 20 heavy (non-hydrogen) atoms. The molecule has 0 bridgehead atoms. The Bertz CT molecular complexity index is 675. The quantitative estimate of drug-likeness (QED) is 0.816. The number of hydrogen-bond donors (Lipinski definition) is 2. The van der Waals surface area contributed by atoms with Crippen LogP contribution in [0, 0.1) is 6.92 Å². The van der Waals surface area contributed by atoms with Crippen LogP contribution < -0.4 is 11.1 Å². The summed E-state index contributed by atoms with van der Waals surface area (Å²) in [5.74, 6) is -0.0646. The van der Waals surface area contributed by atoms with E-state index in [2.05, 4.69) is 10.4 Å². The molecule has 1 atom stereocenters. The van der Waals surface area contributed by atoms with Crippen LogP contribution in [0.25, 0.3) is 0 Å². The minimum atomic E-state index is -0.0646. The molecule has 1 aromatic heterocycles. The molecule has 0 aliphatic heterocycles. The third-order valence-electron chi connectivity index (χ3n) is 3.81. The lowest BCUT2D eigenvalue weighted by atomic mass is 10.1. The van der Waals surface area contributed by atoms with E-state index >= 15 is 0 Å². The largest absolute Gasteiger partial charge is 0.399 e. The number of nitrogens with one attached hydrogen (secondary N) is 1. The second-order valence-corrected chi connectivity index (χ2v) is 5.32. The maximum absolute atomic E-state index is 12.3. The Kier molecular flexibility index (Phi) is 2.97. The zero-order valence-corrected chi connectivity index (χ0v) is 11.7. The molecule has 2 aromatic rings. The van der Waals surface area contributed by atoms with Crippen LogP contribution in [0.5, 0.6) is 0 Å². The van der Waals surface area contributed by atoms with Gasteiger partial charge in [0.2, 0.25) is 0 Å². The Morgan fingerprint density at radius 3 is 3.00 bits per heavy atom. The summed E-state index contributed by atoms with van der Waals surface area (Å²) in [4.78, 5) is 12.3. The van der Waals surface area contributed by atoms with E-state index < -0.39 is 0 Å². The van der Waals surface area contributed by atoms with E-state index in [9.17, 15) is 4.79 Å². The van der Waals surface area contributed by atoms with Crippen molar-refractivity contribution in [3.8, 4) is 0 Å². The predicted octanol–water partition coefficient (Wildman–Crippen LogP) is 1.73. The Balaban J connectivity index is 1.80. The highest BCUT2D eigenvalue weighted by Crippen LogP contribution is 2.32. The molecule has 1 heterocycles. The van der Waals surface area contributed by atoms with Crippen LogP contribution in [0.1, 0.15) is 39.6 Å². The fourth-order valence-electron chi connectivity index (χ4n) is 2.85. The molecule has 104 valence electrons. The summed E-state index contributed by atoms with van der Waals surface area (Å²) >= 11 is 0. The van der Waals surface area contributed by atoms with Crippen LogP contribution in [-0.4, -0.2) is 15.7 Å². The summed E-state index contributed by atoms with van der Waals surface area (Å²) in [5, 5.41) is 7.29. The number of amides is 1. The minimum absolute atomic E-state index is 0.0646. The van der Waals surface area contributed by atoms with Gasteiger partial charge in [0.15, 0.2) is 0 Å². The van der Waals surface area contributed by atoms with E-state index in [1.54, 1.807) is 10.9 Å². The summed E-state index contributed by atoms with van der Waals surface area (Å²) in [5.41, 5.74) is 10.4. The number of hydrogen-bond acceptors (Lipinski definition) is 3. The molecule has 3 N–H and O–H groups in total. The third-order valence-corrected chi connectivity index (χ3v) is 3.81. The van der Waals surface area contributed by atoms with Crippen LogP contribution in [0.4, 0.5) is 5.69 Å². The molecule has 5 nitrogen and oxygen atoms in total. The van der Waals surface area contributed by atoms with Gasteiger partial charge in [-0.15, -0.1) is 0 Å². The molecular formula is C15H18N4O. The molecular weight excluding hydrogens is 252 g/mol. The molecule has 1 aliphatic rings. The Labute approximate surface area is 117 Å². The van der Waals surface area contributed by atoms with Crippen molar-refractivity contribution in [3.63, 3.8) is 0 Å². The highest BCUT2D eigenvalue weighted by atomic mass is 16.1. The number of fused-ring (bicyclic) bond motifs is 1. The number of carbonyl (C=O) groups is 1. The zero-order valence-electron chi connectivity index (χ0n) is 11.7. The smallest absolute Gasteiger partial charge is 0.255 e. The summed E-state index contributed by atoms with van der Waals surface area (Å²) in [6.07, 6.45) is 3.63. The van der Waals surface area contributed by atoms with Crippen molar-refractivity contribution in [1.29, 1.82) is 0 Å². The fraction of sp³-hybridized carbons (Fsp3) is 0.333. The van der Waals surface area contributed by atoms with Gasteiger partial charge in [0.25, 0.3) is 5.91 Å². The first kappa shape index (κ1) is 12.7. The first-order chi connectivity index (χ1) is 9.54. The fourth-order valence-corrected chi connectivity index (χ4v) is 2.85. The average molecular weight is 270 g/mol. The van der Waals surface area contributed by atoms with Gasteiger partial charge in [-0.3, -0.25) is 9.48 Å². The SMILES string of the molecule is Cc1nn(C)cc1C(=O)NC1CCc2cc(N)ccc21. The van der Waals surface area contributed by atoms with E-state index in [-0.39, 0.29) is 11.9 Å². The van der Waals surface area contributed by atoms with Crippen molar-refractivity contribution in [3.05, 3.63) is 46.8 Å². The standard InChI is InChI=1S/C15H18N4O/c1-9-13(8-19(2)18-9)15(20)17-14-6-3-10-7-11(16)4-5-12(10)14/h4-5,7-8,14H,3,6,16H2,1-2H3,(H,17,20). The van der Waals surface area contributed by atoms with Gasteiger partial charge in [0, 0.05) is 18.9 Å². The maximum atomic E-state index is 12.3. The number of nitrogen functional groups attached to an aromatic ring is 1. The number of nitrogens with two attached hydrogens (primary N) is 1. The number of benzene rings is 1. The number of rotatable bonds is 2. The van der Waals surface area contributed by atoms with Gasteiger partial charge in [-0.2, -0.15) is 5.10 Å². The molecule has 5 heteroatoms. The molecule has 1 aliphatic carbocycles. The summed E-state index contributed by atoms with van der Waals surface area (Å²) in [6, 6.07) is 5.96. The Morgan fingerprint density at radius 1 is 1.50 bits per heavy atom. The van der Waals surface area contributed by atoms with Crippen molar-refractivity contribution < 1.29 is 4.79 Å². The van der Waals surface area contributed by atoms with Gasteiger partial charge in [0.05, 0.1) is 17.3 Å². The normalized spacial score (nSPS) is 17.0. The zero-order chi connectivity index (χ0) is 14.3. The topological polar surface area (TPSA) is 72.9 Å². The van der Waals surface area contributed by atoms with E-state index in [0.29, 0.717) is 5.56 Å². The molecule has 0 fully saturated rings. The van der Waals surface area contributed by atoms with Gasteiger partial charge in [-0.25, -0.2) is 0 Å². The second kappa shape index (κ2) is 4.67. The summed E-state index contributed by atoms with van der Waals surface area (Å²) in [6.45, 7) is 1.85. The molecule has 3 rings (SSSR count). The molecule has 1 aromatic carbocycles. The van der Waals surface area contributed by atoms with Gasteiger partial charge in [-0.1, -0.05) is 6.07 Å². The van der Waals surface area contributed by atoms with Crippen molar-refractivity contribution in [2.45, 2.75) is 25.8 Å². The Hall–Kier alpha value is -2.30. The molecule has 0 saturated heterocycles. The van der Waals surface area contributed by atoms with E-state index in [1.807, 2.05) is 32.2 Å². The Morgan fingerprint density at radius 2 is 2.30 bits per heavy atom. The molecule has 0 spiro atoms. The lowest BCUT2D eigenvalue weighted by molar-refractivity contribution is 0.0936. The average Bonchev–Trinajstić information content (AvgIpc) is 2.93. The second-order valence-electron chi connectivity index (χ2n) is 5.32. The van der Waals surface area contributed by atoms with Crippen LogP contribution in [0.2, 0.25) is 0 Å². The number of aryl methyl sites for hydroxylation is 3. The van der Waals surface area contributed by atoms with Gasteiger partial charge >= 0.3 is 0 Å². The van der Waals surface area contributed by atoms with E-state index in [1.165, 1.54) is 11.1 Å². The molecule has 1 unspecified atom stereocenters. The lowest BCUT2D eigenvalue weighted by Crippen LogP contribution is -2.27. The first-order valence-electron chi connectivity index (χ1n) is 6.74. The highest BCUT2D eigenvalue weighted by molar-refractivity contribution is 5.95. The van der Waals surface area contributed by atoms with Crippen LogP contribution in [-0.2, 0) is 13.5 Å². The van der Waals surface area contributed by atoms with Gasteiger partial charge in [0.1, 0.15) is 0 Å². The number of aromatic nitrogens is 2. The first-order valence-corrected chi connectivity index (χ1v) is 6.74. The van der Waals surface area contributed by atoms with Crippen molar-refractivity contribution in [2.75, 3.05) is 5.73 Å². The van der Waals surface area contributed by atoms with E-state index in [4.69, 9.17) is 5.73 Å². The van der Waals surface area contributed by atoms with Crippen molar-refractivity contribution in [2.24, 2.45) is 7.05 Å². The summed E-state index contributed by atoms with van der Waals surface area (Å²) in [7, 11) is 1.82. The molecule has 1 amide bonds. The number of nitrogens with zero attached hydrogens (tertiary/aromatic N) is 2. The van der Waals surface area contributed by atoms with E-state index in [0.717, 1.165) is 24.2 Å². The van der Waals surface area contributed by atoms with Gasteiger partial charge in [-0.05, 0) is 43.0 Å². The monoisotopic (exact) mass is 270 g/mol. The lowest BCUT2D eigenvalue weighted by Gasteiger charge is -2.14. The van der Waals surface area contributed by atoms with Crippen LogP contribution >= 0.6 is 0 Å².